The molecule has 0 saturated heterocycles. The van der Waals surface area contributed by atoms with Crippen LogP contribution in [0.25, 0.3) is 0 Å². The lowest BCUT2D eigenvalue weighted by Gasteiger charge is -2.11. The van der Waals surface area contributed by atoms with Gasteiger partial charge in [-0.25, -0.2) is 0 Å². The number of halogens is 1. The van der Waals surface area contributed by atoms with Crippen LogP contribution < -0.4 is 0 Å². The number of benzene rings is 1. The van der Waals surface area contributed by atoms with Crippen molar-refractivity contribution in [3.63, 3.8) is 0 Å². The highest BCUT2D eigenvalue weighted by Gasteiger charge is 2.10. The van der Waals surface area contributed by atoms with Crippen molar-refractivity contribution in [1.29, 1.82) is 0 Å². The van der Waals surface area contributed by atoms with E-state index in [2.05, 4.69) is 26.7 Å². The molecule has 3 heteroatoms. The van der Waals surface area contributed by atoms with E-state index in [-0.39, 0.29) is 5.97 Å². The molecule has 0 heterocycles. The summed E-state index contributed by atoms with van der Waals surface area (Å²) in [5, 5.41) is 0. The van der Waals surface area contributed by atoms with E-state index in [1.807, 2.05) is 31.2 Å². The Hall–Kier alpha value is -1.27. The van der Waals surface area contributed by atoms with Crippen LogP contribution in [0.5, 0.6) is 0 Å². The molecule has 78 valence electrons. The third kappa shape index (κ3) is 3.77. The molecule has 0 fully saturated rings. The van der Waals surface area contributed by atoms with Gasteiger partial charge in [-0.3, -0.25) is 4.79 Å². The van der Waals surface area contributed by atoms with Crippen LogP contribution in [-0.2, 0) is 9.53 Å². The van der Waals surface area contributed by atoms with Crippen LogP contribution in [0.3, 0.4) is 0 Å². The number of rotatable bonds is 2. The summed E-state index contributed by atoms with van der Waals surface area (Å²) in [6.07, 6.45) is -0.498. The standard InChI is InChI=1S/C12H11BrO2/c1-9-3-5-11(6-4-9)12(7-8-13)15-10(2)14/h3-6,12H,1-2H3. The molecule has 0 aliphatic heterocycles. The Kier molecular flexibility index (Phi) is 4.38. The molecule has 0 bridgehead atoms. The number of hydrogen-bond donors (Lipinski definition) is 0. The maximum atomic E-state index is 10.9. The fourth-order valence-electron chi connectivity index (χ4n) is 1.14. The van der Waals surface area contributed by atoms with Crippen LogP contribution in [0.2, 0.25) is 0 Å². The smallest absolute Gasteiger partial charge is 0.304 e. The van der Waals surface area contributed by atoms with Gasteiger partial charge in [0.2, 0.25) is 0 Å². The lowest BCUT2D eigenvalue weighted by Crippen LogP contribution is -2.06. The lowest BCUT2D eigenvalue weighted by molar-refractivity contribution is -0.144. The summed E-state index contributed by atoms with van der Waals surface area (Å²) in [5.74, 6) is 2.44. The Morgan fingerprint density at radius 2 is 2.00 bits per heavy atom. The molecule has 0 radical (unpaired) electrons. The first-order valence-corrected chi connectivity index (χ1v) is 5.27. The Morgan fingerprint density at radius 1 is 1.40 bits per heavy atom. The van der Waals surface area contributed by atoms with Gasteiger partial charge >= 0.3 is 5.97 Å². The monoisotopic (exact) mass is 266 g/mol. The molecule has 0 saturated carbocycles. The first kappa shape index (κ1) is 11.8. The highest BCUT2D eigenvalue weighted by Crippen LogP contribution is 2.17. The van der Waals surface area contributed by atoms with E-state index in [0.29, 0.717) is 0 Å². The van der Waals surface area contributed by atoms with Gasteiger partial charge in [0.15, 0.2) is 6.10 Å². The molecule has 1 aromatic rings. The van der Waals surface area contributed by atoms with Gasteiger partial charge in [0.25, 0.3) is 0 Å². The predicted molar refractivity (Wildman–Crippen MR) is 62.4 cm³/mol. The third-order valence-electron chi connectivity index (χ3n) is 1.85. The van der Waals surface area contributed by atoms with E-state index in [1.165, 1.54) is 6.92 Å². The number of aryl methyl sites for hydroxylation is 1. The van der Waals surface area contributed by atoms with Crippen LogP contribution in [0, 0.1) is 17.7 Å². The lowest BCUT2D eigenvalue weighted by atomic mass is 10.1. The third-order valence-corrected chi connectivity index (χ3v) is 2.08. The predicted octanol–water partition coefficient (Wildman–Crippen LogP) is 2.96. The van der Waals surface area contributed by atoms with Gasteiger partial charge in [-0.1, -0.05) is 29.8 Å². The largest absolute Gasteiger partial charge is 0.444 e. The molecule has 0 aromatic heterocycles. The molecule has 1 rings (SSSR count). The minimum Gasteiger partial charge on any atom is -0.444 e. The van der Waals surface area contributed by atoms with E-state index in [9.17, 15) is 4.79 Å². The zero-order valence-electron chi connectivity index (χ0n) is 8.58. The number of carbonyl (C=O) groups excluding carboxylic acids is 1. The first-order valence-electron chi connectivity index (χ1n) is 4.48. The van der Waals surface area contributed by atoms with Crippen LogP contribution in [0.4, 0.5) is 0 Å². The van der Waals surface area contributed by atoms with Crippen LogP contribution in [0.1, 0.15) is 24.2 Å². The van der Waals surface area contributed by atoms with Crippen molar-refractivity contribution in [2.75, 3.05) is 0 Å². The van der Waals surface area contributed by atoms with Gasteiger partial charge in [-0.15, -0.1) is 0 Å². The Morgan fingerprint density at radius 3 is 2.47 bits per heavy atom. The first-order chi connectivity index (χ1) is 7.13. The zero-order chi connectivity index (χ0) is 11.3. The van der Waals surface area contributed by atoms with Crippen molar-refractivity contribution in [1.82, 2.24) is 0 Å². The van der Waals surface area contributed by atoms with E-state index in [0.717, 1.165) is 11.1 Å². The summed E-state index contributed by atoms with van der Waals surface area (Å²) < 4.78 is 5.07. The van der Waals surface area contributed by atoms with Crippen LogP contribution >= 0.6 is 15.9 Å². The van der Waals surface area contributed by atoms with Crippen molar-refractivity contribution in [2.45, 2.75) is 20.0 Å². The summed E-state index contributed by atoms with van der Waals surface area (Å²) in [5.41, 5.74) is 2.04. The molecule has 15 heavy (non-hydrogen) atoms. The molecular weight excluding hydrogens is 256 g/mol. The Balaban J connectivity index is 2.92. The minimum absolute atomic E-state index is 0.337. The van der Waals surface area contributed by atoms with Crippen molar-refractivity contribution < 1.29 is 9.53 Å². The molecule has 1 atom stereocenters. The summed E-state index contributed by atoms with van der Waals surface area (Å²) in [6, 6.07) is 7.73. The average molecular weight is 267 g/mol. The van der Waals surface area contributed by atoms with Gasteiger partial charge in [0.1, 0.15) is 0 Å². The van der Waals surface area contributed by atoms with Crippen molar-refractivity contribution in [3.8, 4) is 10.8 Å². The number of esters is 1. The number of carbonyl (C=O) groups is 1. The van der Waals surface area contributed by atoms with Gasteiger partial charge in [-0.2, -0.15) is 0 Å². The van der Waals surface area contributed by atoms with Gasteiger partial charge in [0, 0.05) is 28.4 Å². The summed E-state index contributed by atoms with van der Waals surface area (Å²) in [4.78, 5) is 13.4. The number of ether oxygens (including phenoxy) is 1. The zero-order valence-corrected chi connectivity index (χ0v) is 10.2. The van der Waals surface area contributed by atoms with Gasteiger partial charge < -0.3 is 4.74 Å². The fraction of sp³-hybridized carbons (Fsp3) is 0.250. The van der Waals surface area contributed by atoms with E-state index >= 15 is 0 Å². The van der Waals surface area contributed by atoms with Crippen LogP contribution in [0.15, 0.2) is 24.3 Å². The maximum Gasteiger partial charge on any atom is 0.304 e. The molecule has 0 aliphatic carbocycles. The molecule has 0 spiro atoms. The Bertz CT molecular complexity index is 398. The quantitative estimate of drug-likeness (QED) is 0.608. The highest BCUT2D eigenvalue weighted by atomic mass is 79.9. The topological polar surface area (TPSA) is 26.3 Å². The summed E-state index contributed by atoms with van der Waals surface area (Å²) in [7, 11) is 0. The second kappa shape index (κ2) is 5.57. The molecule has 1 unspecified atom stereocenters. The molecule has 2 nitrogen and oxygen atoms in total. The van der Waals surface area contributed by atoms with Gasteiger partial charge in [0.05, 0.1) is 0 Å². The normalized spacial score (nSPS) is 11.1. The number of hydrogen-bond acceptors (Lipinski definition) is 2. The van der Waals surface area contributed by atoms with E-state index < -0.39 is 6.10 Å². The molecule has 0 aliphatic rings. The average Bonchev–Trinajstić information content (AvgIpc) is 2.17. The van der Waals surface area contributed by atoms with E-state index in [1.54, 1.807) is 0 Å². The maximum absolute atomic E-state index is 10.9. The SMILES string of the molecule is CC(=O)OC(C#CBr)c1ccc(C)cc1. The summed E-state index contributed by atoms with van der Waals surface area (Å²) in [6.45, 7) is 3.37. The van der Waals surface area contributed by atoms with E-state index in [4.69, 9.17) is 4.74 Å². The molecule has 0 amide bonds. The van der Waals surface area contributed by atoms with Gasteiger partial charge in [-0.05, 0) is 17.7 Å². The fourth-order valence-corrected chi connectivity index (χ4v) is 1.35. The second-order valence-electron chi connectivity index (χ2n) is 3.14. The van der Waals surface area contributed by atoms with Crippen molar-refractivity contribution >= 4 is 21.9 Å². The highest BCUT2D eigenvalue weighted by molar-refractivity contribution is 9.12. The van der Waals surface area contributed by atoms with Crippen molar-refractivity contribution in [3.05, 3.63) is 35.4 Å². The Labute approximate surface area is 97.8 Å². The molecular formula is C12H11BrO2. The summed E-state index contributed by atoms with van der Waals surface area (Å²) >= 11 is 3.00. The minimum atomic E-state index is -0.498. The molecule has 0 N–H and O–H groups in total. The second-order valence-corrected chi connectivity index (χ2v) is 3.54. The van der Waals surface area contributed by atoms with Crippen molar-refractivity contribution in [2.24, 2.45) is 0 Å². The molecule has 1 aromatic carbocycles. The van der Waals surface area contributed by atoms with Crippen LogP contribution in [-0.4, -0.2) is 5.97 Å².